The molecular weight excluding hydrogens is 208 g/mol. The molecule has 0 radical (unpaired) electrons. The van der Waals surface area contributed by atoms with Gasteiger partial charge in [0.15, 0.2) is 0 Å². The largest absolute Gasteiger partial charge is 0.316 e. The summed E-state index contributed by atoms with van der Waals surface area (Å²) in [6, 6.07) is 10.9. The van der Waals surface area contributed by atoms with Gasteiger partial charge >= 0.3 is 0 Å². The average molecular weight is 230 g/mol. The van der Waals surface area contributed by atoms with Crippen molar-refractivity contribution in [3.8, 4) is 6.07 Å². The van der Waals surface area contributed by atoms with E-state index < -0.39 is 0 Å². The van der Waals surface area contributed by atoms with Gasteiger partial charge in [-0.1, -0.05) is 43.7 Å². The van der Waals surface area contributed by atoms with Crippen molar-refractivity contribution in [3.63, 3.8) is 0 Å². The average Bonchev–Trinajstić information content (AvgIpc) is 2.29. The lowest BCUT2D eigenvalue weighted by atomic mass is 9.84. The van der Waals surface area contributed by atoms with Gasteiger partial charge in [0.25, 0.3) is 0 Å². The zero-order chi connectivity index (χ0) is 12.7. The predicted octanol–water partition coefficient (Wildman–Crippen LogP) is 3.17. The van der Waals surface area contributed by atoms with Gasteiger partial charge in [-0.05, 0) is 25.5 Å². The maximum absolute atomic E-state index is 8.45. The van der Waals surface area contributed by atoms with E-state index in [1.165, 1.54) is 11.1 Å². The Morgan fingerprint density at radius 2 is 1.88 bits per heavy atom. The van der Waals surface area contributed by atoms with E-state index in [0.717, 1.165) is 19.5 Å². The second-order valence-electron chi connectivity index (χ2n) is 5.19. The Kier molecular flexibility index (Phi) is 5.18. The van der Waals surface area contributed by atoms with Crippen LogP contribution >= 0.6 is 0 Å². The van der Waals surface area contributed by atoms with Gasteiger partial charge in [-0.2, -0.15) is 5.26 Å². The summed E-state index contributed by atoms with van der Waals surface area (Å²) in [4.78, 5) is 0. The number of benzene rings is 1. The second kappa shape index (κ2) is 6.42. The summed E-state index contributed by atoms with van der Waals surface area (Å²) in [5.41, 5.74) is 2.79. The zero-order valence-corrected chi connectivity index (χ0v) is 11.1. The molecule has 0 aliphatic carbocycles. The first-order valence-electron chi connectivity index (χ1n) is 6.21. The fourth-order valence-corrected chi connectivity index (χ4v) is 1.80. The van der Waals surface area contributed by atoms with E-state index in [4.69, 9.17) is 5.26 Å². The van der Waals surface area contributed by atoms with Crippen LogP contribution in [-0.2, 0) is 5.41 Å². The van der Waals surface area contributed by atoms with Crippen molar-refractivity contribution in [1.82, 2.24) is 5.32 Å². The van der Waals surface area contributed by atoms with E-state index in [-0.39, 0.29) is 5.41 Å². The molecule has 0 amide bonds. The molecule has 0 aliphatic rings. The molecule has 92 valence electrons. The summed E-state index contributed by atoms with van der Waals surface area (Å²) in [5.74, 6) is 0. The van der Waals surface area contributed by atoms with Crippen LogP contribution in [0.1, 0.15) is 37.8 Å². The molecule has 0 atom stereocenters. The third-order valence-electron chi connectivity index (χ3n) is 3.04. The van der Waals surface area contributed by atoms with Gasteiger partial charge in [-0.3, -0.25) is 0 Å². The Balaban J connectivity index is 2.45. The minimum atomic E-state index is 0.139. The molecule has 0 fully saturated rings. The molecule has 0 heterocycles. The summed E-state index contributed by atoms with van der Waals surface area (Å²) in [7, 11) is 0. The van der Waals surface area contributed by atoms with Crippen LogP contribution in [0.2, 0.25) is 0 Å². The van der Waals surface area contributed by atoms with Crippen molar-refractivity contribution >= 4 is 0 Å². The Hall–Kier alpha value is -1.33. The fourth-order valence-electron chi connectivity index (χ4n) is 1.80. The van der Waals surface area contributed by atoms with E-state index >= 15 is 0 Å². The molecule has 0 spiro atoms. The number of nitrogens with zero attached hydrogens (tertiary/aromatic N) is 1. The van der Waals surface area contributed by atoms with Crippen molar-refractivity contribution < 1.29 is 0 Å². The molecule has 1 aromatic rings. The minimum absolute atomic E-state index is 0.139. The summed E-state index contributed by atoms with van der Waals surface area (Å²) in [6.45, 7) is 8.46. The summed E-state index contributed by atoms with van der Waals surface area (Å²) >= 11 is 0. The summed E-state index contributed by atoms with van der Waals surface area (Å²) < 4.78 is 0. The highest BCUT2D eigenvalue weighted by Gasteiger charge is 2.19. The first-order valence-corrected chi connectivity index (χ1v) is 6.21. The van der Waals surface area contributed by atoms with Gasteiger partial charge in [0, 0.05) is 18.4 Å². The normalized spacial score (nSPS) is 11.2. The number of hydrogen-bond acceptors (Lipinski definition) is 2. The van der Waals surface area contributed by atoms with Gasteiger partial charge in [0.2, 0.25) is 0 Å². The molecule has 1 aromatic carbocycles. The van der Waals surface area contributed by atoms with Crippen molar-refractivity contribution in [1.29, 1.82) is 5.26 Å². The van der Waals surface area contributed by atoms with Gasteiger partial charge < -0.3 is 5.32 Å². The van der Waals surface area contributed by atoms with Gasteiger partial charge in [-0.25, -0.2) is 0 Å². The molecular formula is C15H22N2. The number of aryl methyl sites for hydroxylation is 1. The van der Waals surface area contributed by atoms with Crippen LogP contribution in [0, 0.1) is 18.3 Å². The third-order valence-corrected chi connectivity index (χ3v) is 3.04. The van der Waals surface area contributed by atoms with E-state index in [2.05, 4.69) is 56.4 Å². The van der Waals surface area contributed by atoms with Crippen molar-refractivity contribution in [2.45, 2.75) is 39.0 Å². The number of hydrogen-bond donors (Lipinski definition) is 1. The van der Waals surface area contributed by atoms with Gasteiger partial charge in [-0.15, -0.1) is 0 Å². The van der Waals surface area contributed by atoms with E-state index in [0.29, 0.717) is 6.42 Å². The fraction of sp³-hybridized carbons (Fsp3) is 0.533. The molecule has 2 nitrogen and oxygen atoms in total. The first kappa shape index (κ1) is 13.7. The molecule has 0 aromatic heterocycles. The SMILES string of the molecule is Cc1ccc(C(C)(C)CNCCCC#N)cc1. The first-order chi connectivity index (χ1) is 8.06. The van der Waals surface area contributed by atoms with E-state index in [1.54, 1.807) is 0 Å². The molecule has 17 heavy (non-hydrogen) atoms. The quantitative estimate of drug-likeness (QED) is 0.762. The number of unbranched alkanes of at least 4 members (excludes halogenated alkanes) is 1. The minimum Gasteiger partial charge on any atom is -0.316 e. The van der Waals surface area contributed by atoms with E-state index in [1.807, 2.05) is 0 Å². The lowest BCUT2D eigenvalue weighted by molar-refractivity contribution is 0.467. The lowest BCUT2D eigenvalue weighted by Crippen LogP contribution is -2.33. The van der Waals surface area contributed by atoms with Crippen LogP contribution in [-0.4, -0.2) is 13.1 Å². The maximum atomic E-state index is 8.45. The molecule has 0 unspecified atom stereocenters. The smallest absolute Gasteiger partial charge is 0.0622 e. The van der Waals surface area contributed by atoms with Crippen molar-refractivity contribution in [3.05, 3.63) is 35.4 Å². The Bertz CT molecular complexity index is 371. The topological polar surface area (TPSA) is 35.8 Å². The molecule has 1 N–H and O–H groups in total. The standard InChI is InChI=1S/C15H22N2/c1-13-6-8-14(9-7-13)15(2,3)12-17-11-5-4-10-16/h6-9,17H,4-5,11-12H2,1-3H3. The highest BCUT2D eigenvalue weighted by Crippen LogP contribution is 2.22. The van der Waals surface area contributed by atoms with Crippen molar-refractivity contribution in [2.24, 2.45) is 0 Å². The van der Waals surface area contributed by atoms with Gasteiger partial charge in [0.05, 0.1) is 6.07 Å². The van der Waals surface area contributed by atoms with E-state index in [9.17, 15) is 0 Å². The van der Waals surface area contributed by atoms with Crippen LogP contribution in [0.4, 0.5) is 0 Å². The van der Waals surface area contributed by atoms with Crippen LogP contribution in [0.25, 0.3) is 0 Å². The highest BCUT2D eigenvalue weighted by atomic mass is 14.9. The molecule has 0 aliphatic heterocycles. The number of nitrogens with one attached hydrogen (secondary N) is 1. The van der Waals surface area contributed by atoms with Crippen LogP contribution in [0.3, 0.4) is 0 Å². The molecule has 0 saturated carbocycles. The maximum Gasteiger partial charge on any atom is 0.0622 e. The summed E-state index contributed by atoms with van der Waals surface area (Å²) in [5, 5.41) is 11.9. The van der Waals surface area contributed by atoms with Crippen LogP contribution in [0.5, 0.6) is 0 Å². The molecule has 1 rings (SSSR count). The molecule has 2 heteroatoms. The Labute approximate surface area is 105 Å². The Morgan fingerprint density at radius 3 is 2.47 bits per heavy atom. The van der Waals surface area contributed by atoms with Crippen LogP contribution < -0.4 is 5.32 Å². The molecule has 0 bridgehead atoms. The summed E-state index contributed by atoms with van der Waals surface area (Å²) in [6.07, 6.45) is 1.57. The monoisotopic (exact) mass is 230 g/mol. The van der Waals surface area contributed by atoms with Gasteiger partial charge in [0.1, 0.15) is 0 Å². The second-order valence-corrected chi connectivity index (χ2v) is 5.19. The Morgan fingerprint density at radius 1 is 1.24 bits per heavy atom. The molecule has 0 saturated heterocycles. The highest BCUT2D eigenvalue weighted by molar-refractivity contribution is 5.27. The predicted molar refractivity (Wildman–Crippen MR) is 71.9 cm³/mol. The number of rotatable bonds is 6. The number of nitriles is 1. The third kappa shape index (κ3) is 4.58. The zero-order valence-electron chi connectivity index (χ0n) is 11.1. The van der Waals surface area contributed by atoms with Crippen LogP contribution in [0.15, 0.2) is 24.3 Å². The lowest BCUT2D eigenvalue weighted by Gasteiger charge is -2.26. The van der Waals surface area contributed by atoms with Crippen molar-refractivity contribution in [2.75, 3.05) is 13.1 Å².